The molecule has 0 radical (unpaired) electrons. The van der Waals surface area contributed by atoms with E-state index in [9.17, 15) is 8.42 Å². The highest BCUT2D eigenvalue weighted by atomic mass is 35.5. The predicted octanol–water partition coefficient (Wildman–Crippen LogP) is 4.41. The van der Waals surface area contributed by atoms with E-state index in [-0.39, 0.29) is 10.6 Å². The Morgan fingerprint density at radius 3 is 2.59 bits per heavy atom. The zero-order valence-corrected chi connectivity index (χ0v) is 16.9. The van der Waals surface area contributed by atoms with Gasteiger partial charge in [-0.1, -0.05) is 41.6 Å². The second kappa shape index (κ2) is 7.14. The largest absolute Gasteiger partial charge is 0.270 e. The number of benzene rings is 2. The molecule has 0 fully saturated rings. The van der Waals surface area contributed by atoms with E-state index in [1.54, 1.807) is 12.1 Å². The lowest BCUT2D eigenvalue weighted by molar-refractivity contribution is 0.597. The van der Waals surface area contributed by atoms with Crippen molar-refractivity contribution in [3.8, 4) is 0 Å². The number of thioether (sulfide) groups is 1. The van der Waals surface area contributed by atoms with Crippen LogP contribution in [0.25, 0.3) is 16.6 Å². The molecule has 2 aromatic carbocycles. The van der Waals surface area contributed by atoms with E-state index in [1.165, 1.54) is 23.9 Å². The van der Waals surface area contributed by atoms with E-state index in [1.807, 2.05) is 35.6 Å². The Morgan fingerprint density at radius 1 is 1.07 bits per heavy atom. The van der Waals surface area contributed by atoms with Crippen LogP contribution < -0.4 is 0 Å². The highest BCUT2D eigenvalue weighted by Gasteiger charge is 2.16. The number of aryl methyl sites for hydroxylation is 1. The fourth-order valence-electron chi connectivity index (χ4n) is 2.97. The Bertz CT molecular complexity index is 1240. The van der Waals surface area contributed by atoms with E-state index in [0.717, 1.165) is 22.1 Å². The fourth-order valence-corrected chi connectivity index (χ4v) is 5.70. The quantitative estimate of drug-likeness (QED) is 0.450. The molecule has 5 nitrogen and oxygen atoms in total. The smallest absolute Gasteiger partial charge is 0.196 e. The van der Waals surface area contributed by atoms with Gasteiger partial charge in [-0.25, -0.2) is 8.42 Å². The van der Waals surface area contributed by atoms with Gasteiger partial charge in [0.2, 0.25) is 0 Å². The summed E-state index contributed by atoms with van der Waals surface area (Å²) in [5, 5.41) is 10.8. The van der Waals surface area contributed by atoms with Gasteiger partial charge in [0, 0.05) is 16.2 Å². The van der Waals surface area contributed by atoms with Gasteiger partial charge in [0.1, 0.15) is 0 Å². The highest BCUT2D eigenvalue weighted by Crippen LogP contribution is 2.26. The third-order valence-corrected chi connectivity index (χ3v) is 7.50. The number of halogens is 1. The molecule has 0 atom stereocenters. The molecule has 4 rings (SSSR count). The lowest BCUT2D eigenvalue weighted by Crippen LogP contribution is -2.09. The van der Waals surface area contributed by atoms with Crippen LogP contribution in [0.3, 0.4) is 0 Å². The van der Waals surface area contributed by atoms with Crippen molar-refractivity contribution in [1.29, 1.82) is 0 Å². The summed E-state index contributed by atoms with van der Waals surface area (Å²) in [4.78, 5) is 0.277. The van der Waals surface area contributed by atoms with Crippen molar-refractivity contribution in [2.75, 3.05) is 11.5 Å². The van der Waals surface area contributed by atoms with Gasteiger partial charge in [-0.15, -0.1) is 10.2 Å². The Kier molecular flexibility index (Phi) is 4.84. The van der Waals surface area contributed by atoms with Gasteiger partial charge in [0.25, 0.3) is 0 Å². The first-order valence-electron chi connectivity index (χ1n) is 8.30. The molecular weight excluding hydrogens is 402 g/mol. The maximum atomic E-state index is 12.5. The van der Waals surface area contributed by atoms with Crippen molar-refractivity contribution in [3.05, 3.63) is 65.2 Å². The van der Waals surface area contributed by atoms with Crippen molar-refractivity contribution >= 4 is 49.8 Å². The lowest BCUT2D eigenvalue weighted by Gasteiger charge is -2.07. The van der Waals surface area contributed by atoms with Gasteiger partial charge >= 0.3 is 0 Å². The number of pyridine rings is 1. The van der Waals surface area contributed by atoms with Crippen LogP contribution in [0.4, 0.5) is 0 Å². The molecule has 8 heteroatoms. The molecule has 0 bridgehead atoms. The molecule has 0 amide bonds. The molecule has 0 aliphatic rings. The monoisotopic (exact) mass is 417 g/mol. The van der Waals surface area contributed by atoms with Gasteiger partial charge in [-0.3, -0.25) is 4.40 Å². The Hall–Kier alpha value is -2.09. The van der Waals surface area contributed by atoms with Crippen LogP contribution in [0.5, 0.6) is 0 Å². The Balaban J connectivity index is 1.59. The third-order valence-electron chi connectivity index (χ3n) is 4.33. The first kappa shape index (κ1) is 18.3. The molecule has 0 aliphatic heterocycles. The van der Waals surface area contributed by atoms with Gasteiger partial charge < -0.3 is 0 Å². The summed E-state index contributed by atoms with van der Waals surface area (Å²) in [5.41, 5.74) is 2.90. The molecule has 0 aliphatic carbocycles. The molecule has 0 saturated carbocycles. The number of aromatic nitrogens is 3. The van der Waals surface area contributed by atoms with E-state index in [2.05, 4.69) is 16.3 Å². The zero-order valence-electron chi connectivity index (χ0n) is 14.5. The van der Waals surface area contributed by atoms with E-state index in [4.69, 9.17) is 11.6 Å². The normalized spacial score (nSPS) is 12.1. The molecule has 0 N–H and O–H groups in total. The van der Waals surface area contributed by atoms with Crippen LogP contribution in [-0.4, -0.2) is 34.5 Å². The third kappa shape index (κ3) is 3.54. The minimum atomic E-state index is -3.37. The number of hydrogen-bond acceptors (Lipinski definition) is 5. The standard InChI is InChI=1S/C19H16ClN3O2S2/c1-13-12-18-21-22-19(23(18)17-5-3-2-4-16(13)17)26-10-11-27(24,25)15-8-6-14(20)7-9-15/h2-9,12H,10-11H2,1H3. The van der Waals surface area contributed by atoms with Crippen molar-refractivity contribution in [2.45, 2.75) is 17.0 Å². The highest BCUT2D eigenvalue weighted by molar-refractivity contribution is 8.00. The molecule has 2 aromatic heterocycles. The van der Waals surface area contributed by atoms with Crippen molar-refractivity contribution in [2.24, 2.45) is 0 Å². The van der Waals surface area contributed by atoms with Crippen LogP contribution in [0.1, 0.15) is 5.56 Å². The lowest BCUT2D eigenvalue weighted by atomic mass is 10.1. The average molecular weight is 418 g/mol. The molecular formula is C19H16ClN3O2S2. The minimum Gasteiger partial charge on any atom is -0.270 e. The van der Waals surface area contributed by atoms with Crippen LogP contribution in [-0.2, 0) is 9.84 Å². The summed E-state index contributed by atoms with van der Waals surface area (Å²) in [6.07, 6.45) is 0. The molecule has 138 valence electrons. The first-order chi connectivity index (χ1) is 13.0. The fraction of sp³-hybridized carbons (Fsp3) is 0.158. The maximum Gasteiger partial charge on any atom is 0.196 e. The van der Waals surface area contributed by atoms with E-state index < -0.39 is 9.84 Å². The van der Waals surface area contributed by atoms with E-state index in [0.29, 0.717) is 15.9 Å². The second-order valence-corrected chi connectivity index (χ2v) is 9.75. The number of fused-ring (bicyclic) bond motifs is 3. The van der Waals surface area contributed by atoms with Crippen LogP contribution in [0, 0.1) is 6.92 Å². The molecule has 4 aromatic rings. The summed E-state index contributed by atoms with van der Waals surface area (Å²) in [7, 11) is -3.37. The maximum absolute atomic E-state index is 12.5. The van der Waals surface area contributed by atoms with Crippen LogP contribution >= 0.6 is 23.4 Å². The average Bonchev–Trinajstić information content (AvgIpc) is 3.05. The van der Waals surface area contributed by atoms with Crippen LogP contribution in [0.2, 0.25) is 5.02 Å². The number of para-hydroxylation sites is 1. The second-order valence-electron chi connectivity index (χ2n) is 6.14. The molecule has 0 unspecified atom stereocenters. The van der Waals surface area contributed by atoms with Crippen LogP contribution in [0.15, 0.2) is 64.6 Å². The van der Waals surface area contributed by atoms with Crippen molar-refractivity contribution < 1.29 is 8.42 Å². The minimum absolute atomic E-state index is 0.0119. The van der Waals surface area contributed by atoms with Gasteiger partial charge in [0.05, 0.1) is 16.2 Å². The number of nitrogens with zero attached hydrogens (tertiary/aromatic N) is 3. The molecule has 2 heterocycles. The van der Waals surface area contributed by atoms with Gasteiger partial charge in [0.15, 0.2) is 20.6 Å². The summed E-state index contributed by atoms with van der Waals surface area (Å²) < 4.78 is 27.0. The van der Waals surface area contributed by atoms with Crippen molar-refractivity contribution in [1.82, 2.24) is 14.6 Å². The number of hydrogen-bond donors (Lipinski definition) is 0. The Labute approximate surface area is 166 Å². The molecule has 0 spiro atoms. The number of sulfone groups is 1. The van der Waals surface area contributed by atoms with Gasteiger partial charge in [-0.2, -0.15) is 0 Å². The molecule has 0 saturated heterocycles. The first-order valence-corrected chi connectivity index (χ1v) is 11.3. The summed E-state index contributed by atoms with van der Waals surface area (Å²) in [6.45, 7) is 2.04. The molecule has 27 heavy (non-hydrogen) atoms. The summed E-state index contributed by atoms with van der Waals surface area (Å²) >= 11 is 7.22. The number of rotatable bonds is 5. The SMILES string of the molecule is Cc1cc2nnc(SCCS(=O)(=O)c3ccc(Cl)cc3)n2c2ccccc12. The van der Waals surface area contributed by atoms with E-state index >= 15 is 0 Å². The van der Waals surface area contributed by atoms with Crippen molar-refractivity contribution in [3.63, 3.8) is 0 Å². The van der Waals surface area contributed by atoms with Gasteiger partial charge in [-0.05, 0) is 48.9 Å². The topological polar surface area (TPSA) is 64.3 Å². The summed E-state index contributed by atoms with van der Waals surface area (Å²) in [6, 6.07) is 16.3. The Morgan fingerprint density at radius 2 is 1.81 bits per heavy atom. The zero-order chi connectivity index (χ0) is 19.0. The predicted molar refractivity (Wildman–Crippen MR) is 109 cm³/mol. The summed E-state index contributed by atoms with van der Waals surface area (Å²) in [5.74, 6) is 0.395.